The Balaban J connectivity index is 1.73. The molecule has 0 saturated heterocycles. The molecule has 1 unspecified atom stereocenters. The van der Waals surface area contributed by atoms with Gasteiger partial charge in [-0.15, -0.1) is 11.3 Å². The third-order valence-electron chi connectivity index (χ3n) is 4.15. The topological polar surface area (TPSA) is 56.0 Å². The molecule has 1 atom stereocenters. The van der Waals surface area contributed by atoms with E-state index in [2.05, 4.69) is 5.32 Å². The van der Waals surface area contributed by atoms with Crippen molar-refractivity contribution < 1.29 is 4.79 Å². The maximum atomic E-state index is 12.5. The molecule has 0 radical (unpaired) electrons. The van der Waals surface area contributed by atoms with Gasteiger partial charge < -0.3 is 5.32 Å². The van der Waals surface area contributed by atoms with Crippen LogP contribution in [0.15, 0.2) is 46.6 Å². The number of para-hydroxylation sites is 2. The number of amides is 1. The van der Waals surface area contributed by atoms with Crippen LogP contribution in [0.1, 0.15) is 31.2 Å². The first kappa shape index (κ1) is 16.5. The largest absolute Gasteiger partial charge is 0.349 e. The zero-order valence-electron chi connectivity index (χ0n) is 13.9. The zero-order valence-corrected chi connectivity index (χ0v) is 14.7. The summed E-state index contributed by atoms with van der Waals surface area (Å²) < 4.78 is 3.43. The van der Waals surface area contributed by atoms with E-state index in [0.717, 1.165) is 15.9 Å². The van der Waals surface area contributed by atoms with E-state index in [4.69, 9.17) is 0 Å². The Labute approximate surface area is 144 Å². The normalized spacial score (nSPS) is 12.4. The summed E-state index contributed by atoms with van der Waals surface area (Å²) in [4.78, 5) is 25.9. The first-order chi connectivity index (χ1) is 11.6. The fourth-order valence-electron chi connectivity index (χ4n) is 2.93. The summed E-state index contributed by atoms with van der Waals surface area (Å²) in [5.41, 5.74) is 1.73. The summed E-state index contributed by atoms with van der Waals surface area (Å²) in [5.74, 6) is -0.0453. The van der Waals surface area contributed by atoms with Gasteiger partial charge in [-0.1, -0.05) is 18.2 Å². The van der Waals surface area contributed by atoms with Crippen LogP contribution in [0.25, 0.3) is 11.0 Å². The molecule has 0 saturated carbocycles. The number of imidazole rings is 1. The third-order valence-corrected chi connectivity index (χ3v) is 5.21. The van der Waals surface area contributed by atoms with Gasteiger partial charge in [0.15, 0.2) is 0 Å². The molecule has 0 fully saturated rings. The van der Waals surface area contributed by atoms with Crippen molar-refractivity contribution in [3.05, 3.63) is 57.1 Å². The number of fused-ring (bicyclic) bond motifs is 1. The Morgan fingerprint density at radius 2 is 1.88 bits per heavy atom. The summed E-state index contributed by atoms with van der Waals surface area (Å²) in [6, 6.07) is 11.7. The van der Waals surface area contributed by atoms with Crippen LogP contribution in [0.4, 0.5) is 0 Å². The lowest BCUT2D eigenvalue weighted by Crippen LogP contribution is -2.29. The van der Waals surface area contributed by atoms with E-state index in [-0.39, 0.29) is 24.1 Å². The summed E-state index contributed by atoms with van der Waals surface area (Å²) in [5, 5.41) is 4.99. The Kier molecular flexibility index (Phi) is 4.85. The number of aromatic nitrogens is 2. The van der Waals surface area contributed by atoms with Crippen LogP contribution in [0.2, 0.25) is 0 Å². The van der Waals surface area contributed by atoms with Crippen LogP contribution in [-0.4, -0.2) is 15.0 Å². The van der Waals surface area contributed by atoms with Crippen LogP contribution < -0.4 is 11.0 Å². The zero-order chi connectivity index (χ0) is 17.1. The molecule has 3 rings (SSSR count). The van der Waals surface area contributed by atoms with Gasteiger partial charge in [-0.25, -0.2) is 4.79 Å². The Bertz CT molecular complexity index is 893. The number of hydrogen-bond donors (Lipinski definition) is 1. The van der Waals surface area contributed by atoms with Crippen LogP contribution in [-0.2, 0) is 17.9 Å². The lowest BCUT2D eigenvalue weighted by atomic mass is 10.2. The summed E-state index contributed by atoms with van der Waals surface area (Å²) in [6.07, 6.45) is 0.285. The monoisotopic (exact) mass is 343 g/mol. The van der Waals surface area contributed by atoms with Crippen molar-refractivity contribution in [2.24, 2.45) is 0 Å². The molecule has 0 aliphatic heterocycles. The highest BCUT2D eigenvalue weighted by atomic mass is 32.1. The maximum absolute atomic E-state index is 12.5. The van der Waals surface area contributed by atoms with Crippen molar-refractivity contribution in [2.75, 3.05) is 0 Å². The Morgan fingerprint density at radius 3 is 2.50 bits per heavy atom. The maximum Gasteiger partial charge on any atom is 0.329 e. The molecule has 2 heterocycles. The highest BCUT2D eigenvalue weighted by molar-refractivity contribution is 7.10. The van der Waals surface area contributed by atoms with Gasteiger partial charge in [-0.05, 0) is 37.4 Å². The van der Waals surface area contributed by atoms with E-state index < -0.39 is 0 Å². The first-order valence-corrected chi connectivity index (χ1v) is 9.00. The highest BCUT2D eigenvalue weighted by Gasteiger charge is 2.14. The quantitative estimate of drug-likeness (QED) is 0.747. The molecule has 0 aliphatic carbocycles. The second-order valence-corrected chi connectivity index (χ2v) is 6.70. The molecule has 24 heavy (non-hydrogen) atoms. The number of thiophene rings is 1. The van der Waals surface area contributed by atoms with E-state index in [1.165, 1.54) is 0 Å². The second kappa shape index (κ2) is 7.05. The molecule has 0 bridgehead atoms. The summed E-state index contributed by atoms with van der Waals surface area (Å²) in [7, 11) is 0. The van der Waals surface area contributed by atoms with Gasteiger partial charge in [0.1, 0.15) is 0 Å². The molecule has 0 aliphatic rings. The fraction of sp³-hybridized carbons (Fsp3) is 0.333. The van der Waals surface area contributed by atoms with Gasteiger partial charge >= 0.3 is 5.69 Å². The number of benzene rings is 1. The molecular weight excluding hydrogens is 322 g/mol. The standard InChI is InChI=1S/C18H21N3O2S/c1-3-20-14-7-4-5-8-15(14)21(18(20)23)11-10-17(22)19-13(2)16-9-6-12-24-16/h4-9,12-13H,3,10-11H2,1-2H3,(H,19,22). The van der Waals surface area contributed by atoms with Gasteiger partial charge in [0, 0.05) is 24.4 Å². The van der Waals surface area contributed by atoms with Crippen molar-refractivity contribution in [1.82, 2.24) is 14.5 Å². The molecular formula is C18H21N3O2S. The van der Waals surface area contributed by atoms with Crippen LogP contribution >= 0.6 is 11.3 Å². The fourth-order valence-corrected chi connectivity index (χ4v) is 3.66. The number of nitrogens with one attached hydrogen (secondary N) is 1. The molecule has 126 valence electrons. The van der Waals surface area contributed by atoms with E-state index in [1.54, 1.807) is 20.5 Å². The van der Waals surface area contributed by atoms with E-state index >= 15 is 0 Å². The third kappa shape index (κ3) is 3.14. The van der Waals surface area contributed by atoms with Crippen molar-refractivity contribution in [1.29, 1.82) is 0 Å². The average Bonchev–Trinajstić information content (AvgIpc) is 3.19. The van der Waals surface area contributed by atoms with Gasteiger partial charge in [0.2, 0.25) is 5.91 Å². The number of nitrogens with zero attached hydrogens (tertiary/aromatic N) is 2. The van der Waals surface area contributed by atoms with E-state index in [0.29, 0.717) is 13.1 Å². The number of rotatable bonds is 6. The molecule has 0 spiro atoms. The molecule has 1 amide bonds. The predicted molar refractivity (Wildman–Crippen MR) is 97.4 cm³/mol. The van der Waals surface area contributed by atoms with Crippen molar-refractivity contribution >= 4 is 28.3 Å². The van der Waals surface area contributed by atoms with Gasteiger partial charge in [-0.2, -0.15) is 0 Å². The van der Waals surface area contributed by atoms with Crippen LogP contribution in [0, 0.1) is 0 Å². The number of aryl methyl sites for hydroxylation is 2. The smallest absolute Gasteiger partial charge is 0.329 e. The number of carbonyl (C=O) groups is 1. The minimum atomic E-state index is -0.0576. The number of carbonyl (C=O) groups excluding carboxylic acids is 1. The van der Waals surface area contributed by atoms with Crippen molar-refractivity contribution in [2.45, 2.75) is 39.4 Å². The van der Waals surface area contributed by atoms with Crippen molar-refractivity contribution in [3.63, 3.8) is 0 Å². The minimum Gasteiger partial charge on any atom is -0.349 e. The molecule has 5 nitrogen and oxygen atoms in total. The summed E-state index contributed by atoms with van der Waals surface area (Å²) >= 11 is 1.62. The average molecular weight is 343 g/mol. The highest BCUT2D eigenvalue weighted by Crippen LogP contribution is 2.18. The summed E-state index contributed by atoms with van der Waals surface area (Å²) in [6.45, 7) is 4.93. The van der Waals surface area contributed by atoms with E-state index in [1.807, 2.05) is 55.6 Å². The molecule has 1 N–H and O–H groups in total. The molecule has 2 aromatic heterocycles. The SMILES string of the molecule is CCn1c(=O)n(CCC(=O)NC(C)c2cccs2)c2ccccc21. The van der Waals surface area contributed by atoms with Gasteiger partial charge in [0.05, 0.1) is 17.1 Å². The Morgan fingerprint density at radius 1 is 1.17 bits per heavy atom. The van der Waals surface area contributed by atoms with Gasteiger partial charge in [0.25, 0.3) is 0 Å². The predicted octanol–water partition coefficient (Wildman–Crippen LogP) is 3.15. The van der Waals surface area contributed by atoms with Crippen molar-refractivity contribution in [3.8, 4) is 0 Å². The second-order valence-electron chi connectivity index (χ2n) is 5.72. The molecule has 3 aromatic rings. The molecule has 1 aromatic carbocycles. The Hall–Kier alpha value is -2.34. The molecule has 6 heteroatoms. The lowest BCUT2D eigenvalue weighted by Gasteiger charge is -2.12. The van der Waals surface area contributed by atoms with Crippen LogP contribution in [0.5, 0.6) is 0 Å². The minimum absolute atomic E-state index is 0.00814. The number of hydrogen-bond acceptors (Lipinski definition) is 3. The van der Waals surface area contributed by atoms with Gasteiger partial charge in [-0.3, -0.25) is 13.9 Å². The van der Waals surface area contributed by atoms with E-state index in [9.17, 15) is 9.59 Å². The lowest BCUT2D eigenvalue weighted by molar-refractivity contribution is -0.121. The van der Waals surface area contributed by atoms with Crippen LogP contribution in [0.3, 0.4) is 0 Å². The first-order valence-electron chi connectivity index (χ1n) is 8.12.